The first-order valence-electron chi connectivity index (χ1n) is 6.44. The molecular formula is C14H18N2O. The summed E-state index contributed by atoms with van der Waals surface area (Å²) in [5, 5.41) is 6.32. The summed E-state index contributed by atoms with van der Waals surface area (Å²) in [6.45, 7) is 2.27. The fraction of sp³-hybridized carbons (Fsp3) is 0.500. The van der Waals surface area contributed by atoms with Crippen LogP contribution < -0.4 is 10.6 Å². The van der Waals surface area contributed by atoms with Crippen LogP contribution in [0.2, 0.25) is 0 Å². The van der Waals surface area contributed by atoms with Crippen molar-refractivity contribution in [1.29, 1.82) is 0 Å². The highest BCUT2D eigenvalue weighted by molar-refractivity contribution is 5.99. The van der Waals surface area contributed by atoms with Gasteiger partial charge in [-0.15, -0.1) is 0 Å². The maximum absolute atomic E-state index is 11.4. The van der Waals surface area contributed by atoms with Gasteiger partial charge in [0.1, 0.15) is 0 Å². The molecule has 0 unspecified atom stereocenters. The van der Waals surface area contributed by atoms with Gasteiger partial charge in [-0.3, -0.25) is 4.79 Å². The monoisotopic (exact) mass is 230 g/mol. The largest absolute Gasteiger partial charge is 0.326 e. The van der Waals surface area contributed by atoms with Crippen molar-refractivity contribution in [3.05, 3.63) is 29.3 Å². The molecule has 0 atom stereocenters. The fourth-order valence-electron chi connectivity index (χ4n) is 2.90. The maximum atomic E-state index is 11.4. The summed E-state index contributed by atoms with van der Waals surface area (Å²) in [6, 6.07) is 6.24. The Labute approximate surface area is 102 Å². The summed E-state index contributed by atoms with van der Waals surface area (Å²) in [6.07, 6.45) is 4.20. The second kappa shape index (κ2) is 4.49. The lowest BCUT2D eigenvalue weighted by Crippen LogP contribution is -2.28. The second-order valence-corrected chi connectivity index (χ2v) is 5.07. The van der Waals surface area contributed by atoms with Gasteiger partial charge in [0.2, 0.25) is 5.91 Å². The van der Waals surface area contributed by atoms with E-state index < -0.39 is 0 Å². The Bertz CT molecular complexity index is 436. The lowest BCUT2D eigenvalue weighted by atomic mass is 9.88. The molecule has 1 fully saturated rings. The Hall–Kier alpha value is -1.35. The predicted octanol–water partition coefficient (Wildman–Crippen LogP) is 1.72. The number of benzene rings is 1. The Morgan fingerprint density at radius 3 is 2.88 bits per heavy atom. The van der Waals surface area contributed by atoms with Crippen molar-refractivity contribution in [3.63, 3.8) is 0 Å². The molecule has 0 aliphatic carbocycles. The van der Waals surface area contributed by atoms with Gasteiger partial charge >= 0.3 is 0 Å². The Kier molecular flexibility index (Phi) is 2.85. The lowest BCUT2D eigenvalue weighted by Gasteiger charge is -2.23. The van der Waals surface area contributed by atoms with Crippen LogP contribution in [0.3, 0.4) is 0 Å². The van der Waals surface area contributed by atoms with Crippen LogP contribution in [0.1, 0.15) is 24.0 Å². The Balaban J connectivity index is 1.79. The van der Waals surface area contributed by atoms with Crippen LogP contribution in [0.5, 0.6) is 0 Å². The van der Waals surface area contributed by atoms with Gasteiger partial charge in [0.25, 0.3) is 0 Å². The van der Waals surface area contributed by atoms with Crippen molar-refractivity contribution in [2.24, 2.45) is 5.92 Å². The number of amides is 1. The number of anilines is 1. The number of hydrogen-bond donors (Lipinski definition) is 2. The topological polar surface area (TPSA) is 41.1 Å². The molecule has 1 amide bonds. The van der Waals surface area contributed by atoms with Crippen LogP contribution in [0.25, 0.3) is 0 Å². The molecule has 1 saturated heterocycles. The number of fused-ring (bicyclic) bond motifs is 1. The van der Waals surface area contributed by atoms with Crippen LogP contribution in [0, 0.1) is 5.92 Å². The Morgan fingerprint density at radius 1 is 1.24 bits per heavy atom. The smallest absolute Gasteiger partial charge is 0.228 e. The molecule has 0 radical (unpaired) electrons. The first kappa shape index (κ1) is 10.8. The molecule has 0 saturated carbocycles. The maximum Gasteiger partial charge on any atom is 0.228 e. The van der Waals surface area contributed by atoms with Crippen LogP contribution >= 0.6 is 0 Å². The van der Waals surface area contributed by atoms with Gasteiger partial charge in [-0.25, -0.2) is 0 Å². The van der Waals surface area contributed by atoms with Crippen LogP contribution in [0.15, 0.2) is 18.2 Å². The molecular weight excluding hydrogens is 212 g/mol. The first-order valence-corrected chi connectivity index (χ1v) is 6.44. The van der Waals surface area contributed by atoms with Crippen molar-refractivity contribution < 1.29 is 4.79 Å². The molecule has 0 aromatic heterocycles. The molecule has 0 bridgehead atoms. The van der Waals surface area contributed by atoms with Crippen LogP contribution in [-0.4, -0.2) is 19.0 Å². The highest BCUT2D eigenvalue weighted by Crippen LogP contribution is 2.29. The summed E-state index contributed by atoms with van der Waals surface area (Å²) >= 11 is 0. The van der Waals surface area contributed by atoms with Gasteiger partial charge in [-0.1, -0.05) is 12.1 Å². The number of hydrogen-bond acceptors (Lipinski definition) is 2. The van der Waals surface area contributed by atoms with E-state index in [1.54, 1.807) is 0 Å². The SMILES string of the molecule is O=C1Cc2c(CC3CCNCC3)cccc2N1. The fourth-order valence-corrected chi connectivity index (χ4v) is 2.90. The summed E-state index contributed by atoms with van der Waals surface area (Å²) < 4.78 is 0. The number of piperidine rings is 1. The van der Waals surface area contributed by atoms with Gasteiger partial charge in [-0.2, -0.15) is 0 Å². The molecule has 1 aromatic carbocycles. The lowest BCUT2D eigenvalue weighted by molar-refractivity contribution is -0.115. The van der Waals surface area contributed by atoms with Crippen molar-refractivity contribution in [2.45, 2.75) is 25.7 Å². The van der Waals surface area contributed by atoms with E-state index in [0.717, 1.165) is 31.1 Å². The number of nitrogens with one attached hydrogen (secondary N) is 2. The average Bonchev–Trinajstić information content (AvgIpc) is 2.72. The molecule has 3 heteroatoms. The number of carbonyl (C=O) groups is 1. The summed E-state index contributed by atoms with van der Waals surface area (Å²) in [5.41, 5.74) is 3.63. The van der Waals surface area contributed by atoms with Gasteiger partial charge in [0.05, 0.1) is 6.42 Å². The zero-order valence-electron chi connectivity index (χ0n) is 9.96. The third-order valence-electron chi connectivity index (χ3n) is 3.85. The third kappa shape index (κ3) is 2.20. The van der Waals surface area contributed by atoms with Crippen molar-refractivity contribution in [1.82, 2.24) is 5.32 Å². The molecule has 1 aromatic rings. The zero-order valence-corrected chi connectivity index (χ0v) is 9.96. The molecule has 90 valence electrons. The summed E-state index contributed by atoms with van der Waals surface area (Å²) in [4.78, 5) is 11.4. The molecule has 2 aliphatic rings. The van der Waals surface area contributed by atoms with Gasteiger partial charge in [-0.05, 0) is 55.5 Å². The van der Waals surface area contributed by atoms with Crippen LogP contribution in [-0.2, 0) is 17.6 Å². The van der Waals surface area contributed by atoms with E-state index in [-0.39, 0.29) is 5.91 Å². The average molecular weight is 230 g/mol. The molecule has 3 nitrogen and oxygen atoms in total. The minimum atomic E-state index is 0.137. The second-order valence-electron chi connectivity index (χ2n) is 5.07. The van der Waals surface area contributed by atoms with Gasteiger partial charge in [0, 0.05) is 5.69 Å². The standard InChI is InChI=1S/C14H18N2O/c17-14-9-12-11(2-1-3-13(12)16-14)8-10-4-6-15-7-5-10/h1-3,10,15H,4-9H2,(H,16,17). The van der Waals surface area contributed by atoms with E-state index in [4.69, 9.17) is 0 Å². The van der Waals surface area contributed by atoms with E-state index in [2.05, 4.69) is 22.8 Å². The number of carbonyl (C=O) groups excluding carboxylic acids is 1. The highest BCUT2D eigenvalue weighted by Gasteiger charge is 2.22. The van der Waals surface area contributed by atoms with Crippen molar-refractivity contribution >= 4 is 11.6 Å². The molecule has 2 heterocycles. The summed E-state index contributed by atoms with van der Waals surface area (Å²) in [5.74, 6) is 0.913. The first-order chi connectivity index (χ1) is 8.33. The van der Waals surface area contributed by atoms with Gasteiger partial charge < -0.3 is 10.6 Å². The normalized spacial score (nSPS) is 20.1. The third-order valence-corrected chi connectivity index (χ3v) is 3.85. The molecule has 2 N–H and O–H groups in total. The zero-order chi connectivity index (χ0) is 11.7. The van der Waals surface area contributed by atoms with Crippen molar-refractivity contribution in [3.8, 4) is 0 Å². The van der Waals surface area contributed by atoms with E-state index in [1.807, 2.05) is 6.07 Å². The van der Waals surface area contributed by atoms with Crippen molar-refractivity contribution in [2.75, 3.05) is 18.4 Å². The minimum Gasteiger partial charge on any atom is -0.326 e. The van der Waals surface area contributed by atoms with E-state index >= 15 is 0 Å². The van der Waals surface area contributed by atoms with E-state index in [9.17, 15) is 4.79 Å². The predicted molar refractivity (Wildman–Crippen MR) is 68.1 cm³/mol. The molecule has 17 heavy (non-hydrogen) atoms. The van der Waals surface area contributed by atoms with Gasteiger partial charge in [0.15, 0.2) is 0 Å². The van der Waals surface area contributed by atoms with E-state index in [1.165, 1.54) is 24.0 Å². The number of rotatable bonds is 2. The van der Waals surface area contributed by atoms with E-state index in [0.29, 0.717) is 6.42 Å². The molecule has 3 rings (SSSR count). The minimum absolute atomic E-state index is 0.137. The van der Waals surface area contributed by atoms with Crippen LogP contribution in [0.4, 0.5) is 5.69 Å². The Morgan fingerprint density at radius 2 is 2.06 bits per heavy atom. The molecule has 2 aliphatic heterocycles. The summed E-state index contributed by atoms with van der Waals surface area (Å²) in [7, 11) is 0. The molecule has 0 spiro atoms. The highest BCUT2D eigenvalue weighted by atomic mass is 16.1. The quantitative estimate of drug-likeness (QED) is 0.812.